The van der Waals surface area contributed by atoms with E-state index >= 15 is 0 Å². The van der Waals surface area contributed by atoms with Crippen molar-refractivity contribution >= 4 is 0 Å². The van der Waals surface area contributed by atoms with Crippen LogP contribution in [0.5, 0.6) is 0 Å². The number of hydrogen-bond acceptors (Lipinski definition) is 1. The molecular formula is C25H31N. The van der Waals surface area contributed by atoms with Gasteiger partial charge in [0.05, 0.1) is 11.6 Å². The summed E-state index contributed by atoms with van der Waals surface area (Å²) in [6.45, 7) is 4.76. The van der Waals surface area contributed by atoms with Crippen LogP contribution in [0.25, 0.3) is 11.1 Å². The lowest BCUT2D eigenvalue weighted by molar-refractivity contribution is 0.206. The Bertz CT molecular complexity index is 712. The molecule has 0 radical (unpaired) electrons. The number of rotatable bonds is 6. The molecule has 1 fully saturated rings. The minimum atomic E-state index is 0.716. The summed E-state index contributed by atoms with van der Waals surface area (Å²) in [6.07, 6.45) is 9.70. The summed E-state index contributed by atoms with van der Waals surface area (Å²) in [5.74, 6) is 2.68. The van der Waals surface area contributed by atoms with Gasteiger partial charge in [0.2, 0.25) is 0 Å². The summed E-state index contributed by atoms with van der Waals surface area (Å²) in [6, 6.07) is 19.0. The first-order chi connectivity index (χ1) is 12.7. The lowest BCUT2D eigenvalue weighted by Gasteiger charge is -2.32. The third-order valence-corrected chi connectivity index (χ3v) is 6.25. The second-order valence-corrected chi connectivity index (χ2v) is 8.14. The summed E-state index contributed by atoms with van der Waals surface area (Å²) >= 11 is 0. The van der Waals surface area contributed by atoms with Gasteiger partial charge < -0.3 is 0 Å². The maximum Gasteiger partial charge on any atom is 0.0991 e. The van der Waals surface area contributed by atoms with E-state index in [1.807, 2.05) is 24.3 Å². The van der Waals surface area contributed by atoms with E-state index in [1.165, 1.54) is 61.6 Å². The van der Waals surface area contributed by atoms with Gasteiger partial charge in [-0.15, -0.1) is 0 Å². The minimum Gasteiger partial charge on any atom is -0.192 e. The third-order valence-electron chi connectivity index (χ3n) is 6.25. The number of benzene rings is 2. The van der Waals surface area contributed by atoms with Gasteiger partial charge in [-0.3, -0.25) is 0 Å². The van der Waals surface area contributed by atoms with Gasteiger partial charge in [0.1, 0.15) is 0 Å². The van der Waals surface area contributed by atoms with Crippen molar-refractivity contribution in [1.29, 1.82) is 5.26 Å². The Morgan fingerprint density at radius 2 is 1.50 bits per heavy atom. The van der Waals surface area contributed by atoms with Crippen molar-refractivity contribution in [1.82, 2.24) is 0 Å². The zero-order valence-electron chi connectivity index (χ0n) is 16.2. The molecular weight excluding hydrogens is 314 g/mol. The molecule has 26 heavy (non-hydrogen) atoms. The molecule has 1 nitrogen and oxygen atoms in total. The molecule has 1 heteroatoms. The van der Waals surface area contributed by atoms with E-state index in [9.17, 15) is 0 Å². The SMILES string of the molecule is CCCC1CCC(C(C)Cc2ccc(-c3ccc(C#N)cc3)cc2)CC1. The van der Waals surface area contributed by atoms with Gasteiger partial charge in [0.25, 0.3) is 0 Å². The van der Waals surface area contributed by atoms with Crippen molar-refractivity contribution in [3.8, 4) is 17.2 Å². The summed E-state index contributed by atoms with van der Waals surface area (Å²) in [5, 5.41) is 8.92. The van der Waals surface area contributed by atoms with Crippen LogP contribution in [-0.2, 0) is 6.42 Å². The monoisotopic (exact) mass is 345 g/mol. The molecule has 1 atom stereocenters. The van der Waals surface area contributed by atoms with Crippen LogP contribution in [0.1, 0.15) is 63.5 Å². The second-order valence-electron chi connectivity index (χ2n) is 8.14. The van der Waals surface area contributed by atoms with E-state index in [4.69, 9.17) is 5.26 Å². The van der Waals surface area contributed by atoms with Crippen LogP contribution in [0.4, 0.5) is 0 Å². The Labute approximate surface area is 159 Å². The van der Waals surface area contributed by atoms with E-state index in [1.54, 1.807) is 0 Å². The molecule has 2 aromatic carbocycles. The highest BCUT2D eigenvalue weighted by Gasteiger charge is 2.24. The van der Waals surface area contributed by atoms with Crippen LogP contribution in [0.15, 0.2) is 48.5 Å². The van der Waals surface area contributed by atoms with Crippen LogP contribution in [0.2, 0.25) is 0 Å². The Balaban J connectivity index is 1.56. The Kier molecular flexibility index (Phi) is 6.51. The van der Waals surface area contributed by atoms with Gasteiger partial charge in [-0.05, 0) is 65.8 Å². The van der Waals surface area contributed by atoms with Crippen LogP contribution < -0.4 is 0 Å². The number of nitrogens with zero attached hydrogens (tertiary/aromatic N) is 1. The van der Waals surface area contributed by atoms with Crippen molar-refractivity contribution < 1.29 is 0 Å². The highest BCUT2D eigenvalue weighted by molar-refractivity contribution is 5.64. The van der Waals surface area contributed by atoms with E-state index in [0.717, 1.165) is 17.8 Å². The van der Waals surface area contributed by atoms with Gasteiger partial charge in [0.15, 0.2) is 0 Å². The van der Waals surface area contributed by atoms with Gasteiger partial charge in [0, 0.05) is 0 Å². The molecule has 3 rings (SSSR count). The molecule has 0 spiro atoms. The molecule has 0 aromatic heterocycles. The predicted octanol–water partition coefficient (Wildman–Crippen LogP) is 7.01. The van der Waals surface area contributed by atoms with Crippen molar-refractivity contribution in [3.63, 3.8) is 0 Å². The largest absolute Gasteiger partial charge is 0.192 e. The van der Waals surface area contributed by atoms with Gasteiger partial charge in [-0.25, -0.2) is 0 Å². The van der Waals surface area contributed by atoms with Gasteiger partial charge >= 0.3 is 0 Å². The summed E-state index contributed by atoms with van der Waals surface area (Å²) < 4.78 is 0. The molecule has 1 saturated carbocycles. The normalized spacial score (nSPS) is 21.1. The molecule has 0 bridgehead atoms. The molecule has 0 aliphatic heterocycles. The predicted molar refractivity (Wildman–Crippen MR) is 110 cm³/mol. The first-order valence-electron chi connectivity index (χ1n) is 10.3. The molecule has 0 N–H and O–H groups in total. The zero-order chi connectivity index (χ0) is 18.4. The van der Waals surface area contributed by atoms with Gasteiger partial charge in [-0.1, -0.05) is 75.9 Å². The van der Waals surface area contributed by atoms with Crippen molar-refractivity contribution in [2.45, 2.75) is 58.8 Å². The number of nitriles is 1. The van der Waals surface area contributed by atoms with E-state index in [0.29, 0.717) is 5.56 Å². The molecule has 2 aromatic rings. The third kappa shape index (κ3) is 4.76. The number of hydrogen-bond donors (Lipinski definition) is 0. The highest BCUT2D eigenvalue weighted by atomic mass is 14.3. The van der Waals surface area contributed by atoms with Crippen LogP contribution in [0, 0.1) is 29.1 Å². The van der Waals surface area contributed by atoms with Crippen LogP contribution in [-0.4, -0.2) is 0 Å². The molecule has 0 amide bonds. The molecule has 1 aliphatic carbocycles. The molecule has 136 valence electrons. The maximum atomic E-state index is 8.92. The Hall–Kier alpha value is -2.07. The fraction of sp³-hybridized carbons (Fsp3) is 0.480. The molecule has 0 saturated heterocycles. The standard InChI is InChI=1S/C25H31N/c1-3-4-20-5-11-23(12-6-20)19(2)17-21-7-13-24(14-8-21)25-15-9-22(18-26)10-16-25/h7-10,13-16,19-20,23H,3-6,11-12,17H2,1-2H3. The highest BCUT2D eigenvalue weighted by Crippen LogP contribution is 2.36. The lowest BCUT2D eigenvalue weighted by atomic mass is 9.74. The van der Waals surface area contributed by atoms with Crippen molar-refractivity contribution in [3.05, 3.63) is 59.7 Å². The summed E-state index contributed by atoms with van der Waals surface area (Å²) in [4.78, 5) is 0. The molecule has 0 heterocycles. The Morgan fingerprint density at radius 3 is 2.04 bits per heavy atom. The Morgan fingerprint density at radius 1 is 0.923 bits per heavy atom. The maximum absolute atomic E-state index is 8.92. The molecule has 1 aliphatic rings. The summed E-state index contributed by atoms with van der Waals surface area (Å²) in [5.41, 5.74) is 4.57. The van der Waals surface area contributed by atoms with Crippen LogP contribution >= 0.6 is 0 Å². The average Bonchev–Trinajstić information content (AvgIpc) is 2.69. The van der Waals surface area contributed by atoms with Crippen molar-refractivity contribution in [2.24, 2.45) is 17.8 Å². The first-order valence-corrected chi connectivity index (χ1v) is 10.3. The van der Waals surface area contributed by atoms with E-state index < -0.39 is 0 Å². The average molecular weight is 346 g/mol. The fourth-order valence-corrected chi connectivity index (χ4v) is 4.56. The first kappa shape index (κ1) is 18.7. The zero-order valence-corrected chi connectivity index (χ0v) is 16.2. The van der Waals surface area contributed by atoms with Gasteiger partial charge in [-0.2, -0.15) is 5.26 Å². The topological polar surface area (TPSA) is 23.8 Å². The second kappa shape index (κ2) is 9.04. The minimum absolute atomic E-state index is 0.716. The smallest absolute Gasteiger partial charge is 0.0991 e. The lowest BCUT2D eigenvalue weighted by Crippen LogP contribution is -2.21. The fourth-order valence-electron chi connectivity index (χ4n) is 4.56. The van der Waals surface area contributed by atoms with Crippen LogP contribution in [0.3, 0.4) is 0 Å². The quantitative estimate of drug-likeness (QED) is 0.552. The van der Waals surface area contributed by atoms with E-state index in [-0.39, 0.29) is 0 Å². The summed E-state index contributed by atoms with van der Waals surface area (Å²) in [7, 11) is 0. The van der Waals surface area contributed by atoms with E-state index in [2.05, 4.69) is 44.2 Å². The van der Waals surface area contributed by atoms with Crippen molar-refractivity contribution in [2.75, 3.05) is 0 Å². The molecule has 1 unspecified atom stereocenters.